The predicted molar refractivity (Wildman–Crippen MR) is 58.9 cm³/mol. The monoisotopic (exact) mass is 266 g/mol. The van der Waals surface area contributed by atoms with E-state index in [1.54, 1.807) is 0 Å². The van der Waals surface area contributed by atoms with E-state index in [0.717, 1.165) is 12.7 Å². The second-order valence-electron chi connectivity index (χ2n) is 3.20. The van der Waals surface area contributed by atoms with Gasteiger partial charge in [-0.05, 0) is 0 Å². The van der Waals surface area contributed by atoms with E-state index in [9.17, 15) is 19.3 Å². The molecule has 0 saturated heterocycles. The van der Waals surface area contributed by atoms with Crippen LogP contribution in [0.4, 0.5) is 0 Å². The molecular formula is C9H15O7P. The van der Waals surface area contributed by atoms with Crippen molar-refractivity contribution >= 4 is 19.3 Å². The molecule has 7 nitrogen and oxygen atoms in total. The summed E-state index contributed by atoms with van der Waals surface area (Å²) in [6.45, 7) is 3.51. The number of aliphatic hydroxyl groups is 1. The zero-order valence-electron chi connectivity index (χ0n) is 9.37. The highest BCUT2D eigenvalue weighted by Gasteiger charge is 2.28. The van der Waals surface area contributed by atoms with E-state index in [1.807, 2.05) is 0 Å². The van der Waals surface area contributed by atoms with Crippen LogP contribution in [0.25, 0.3) is 0 Å². The molecular weight excluding hydrogens is 251 g/mol. The summed E-state index contributed by atoms with van der Waals surface area (Å²) in [5, 5.41) is 17.8. The molecule has 0 amide bonds. The number of esters is 1. The summed E-state index contributed by atoms with van der Waals surface area (Å²) < 4.78 is 21.0. The van der Waals surface area contributed by atoms with E-state index in [2.05, 4.69) is 11.3 Å². The molecule has 2 unspecified atom stereocenters. The van der Waals surface area contributed by atoms with Gasteiger partial charge in [-0.1, -0.05) is 6.58 Å². The van der Waals surface area contributed by atoms with Crippen molar-refractivity contribution in [3.63, 3.8) is 0 Å². The average Bonchev–Trinajstić information content (AvgIpc) is 2.24. The molecule has 0 bridgehead atoms. The molecule has 17 heavy (non-hydrogen) atoms. The highest BCUT2D eigenvalue weighted by Crippen LogP contribution is 2.46. The lowest BCUT2D eigenvalue weighted by molar-refractivity contribution is -0.139. The van der Waals surface area contributed by atoms with Crippen LogP contribution < -0.4 is 0 Å². The molecule has 0 aromatic heterocycles. The Kier molecular flexibility index (Phi) is 6.72. The Morgan fingerprint density at radius 1 is 1.53 bits per heavy atom. The van der Waals surface area contributed by atoms with Gasteiger partial charge in [-0.15, -0.1) is 0 Å². The van der Waals surface area contributed by atoms with Crippen LogP contribution in [0.15, 0.2) is 12.7 Å². The van der Waals surface area contributed by atoms with Crippen LogP contribution in [-0.2, 0) is 23.4 Å². The molecule has 0 radical (unpaired) electrons. The fourth-order valence-electron chi connectivity index (χ4n) is 0.751. The average molecular weight is 266 g/mol. The van der Waals surface area contributed by atoms with Crippen LogP contribution in [0.2, 0.25) is 0 Å². The zero-order valence-corrected chi connectivity index (χ0v) is 10.3. The number of carboxylic acid groups (broad SMARTS) is 1. The van der Waals surface area contributed by atoms with Gasteiger partial charge in [0, 0.05) is 12.7 Å². The highest BCUT2D eigenvalue weighted by molar-refractivity contribution is 7.58. The molecule has 0 fully saturated rings. The Morgan fingerprint density at radius 2 is 2.12 bits per heavy atom. The number of hydrogen-bond acceptors (Lipinski definition) is 6. The van der Waals surface area contributed by atoms with Crippen molar-refractivity contribution in [3.8, 4) is 0 Å². The molecule has 0 aromatic rings. The van der Waals surface area contributed by atoms with Gasteiger partial charge in [0.15, 0.2) is 5.85 Å². The Hall–Kier alpha value is -1.17. The minimum Gasteiger partial charge on any atom is -0.481 e. The van der Waals surface area contributed by atoms with Crippen molar-refractivity contribution in [2.24, 2.45) is 0 Å². The third-order valence-electron chi connectivity index (χ3n) is 1.75. The maximum Gasteiger partial charge on any atom is 0.330 e. The predicted octanol–water partition coefficient (Wildman–Crippen LogP) is 0.433. The van der Waals surface area contributed by atoms with Gasteiger partial charge in [-0.2, -0.15) is 0 Å². The van der Waals surface area contributed by atoms with Crippen molar-refractivity contribution in [2.45, 2.75) is 12.3 Å². The topological polar surface area (TPSA) is 110 Å². The maximum absolute atomic E-state index is 11.7. The maximum atomic E-state index is 11.7. The first-order chi connectivity index (χ1) is 7.79. The lowest BCUT2D eigenvalue weighted by Gasteiger charge is -2.19. The SMILES string of the molecule is C=CC(=O)OCC(O)P(C)(=O)OCCC(=O)O. The van der Waals surface area contributed by atoms with E-state index in [0.29, 0.717) is 0 Å². The van der Waals surface area contributed by atoms with Gasteiger partial charge in [-0.3, -0.25) is 9.36 Å². The van der Waals surface area contributed by atoms with Crippen molar-refractivity contribution in [1.29, 1.82) is 0 Å². The molecule has 2 N–H and O–H groups in total. The van der Waals surface area contributed by atoms with E-state index in [4.69, 9.17) is 9.63 Å². The Bertz CT molecular complexity index is 338. The zero-order chi connectivity index (χ0) is 13.5. The number of carbonyl (C=O) groups is 2. The summed E-state index contributed by atoms with van der Waals surface area (Å²) in [7, 11) is -3.43. The number of hydrogen-bond donors (Lipinski definition) is 2. The Morgan fingerprint density at radius 3 is 2.59 bits per heavy atom. The number of aliphatic hydroxyl groups excluding tert-OH is 1. The molecule has 0 aliphatic rings. The molecule has 0 spiro atoms. The lowest BCUT2D eigenvalue weighted by Crippen LogP contribution is -2.19. The molecule has 2 atom stereocenters. The second kappa shape index (κ2) is 7.21. The molecule has 0 rings (SSSR count). The van der Waals surface area contributed by atoms with Crippen LogP contribution >= 0.6 is 7.37 Å². The first kappa shape index (κ1) is 15.8. The van der Waals surface area contributed by atoms with Gasteiger partial charge < -0.3 is 19.5 Å². The quantitative estimate of drug-likeness (QED) is 0.372. The smallest absolute Gasteiger partial charge is 0.330 e. The number of ether oxygens (including phenoxy) is 1. The largest absolute Gasteiger partial charge is 0.481 e. The molecule has 0 aliphatic carbocycles. The van der Waals surface area contributed by atoms with Gasteiger partial charge in [0.1, 0.15) is 6.61 Å². The Balaban J connectivity index is 4.10. The fraction of sp³-hybridized carbons (Fsp3) is 0.556. The van der Waals surface area contributed by atoms with Crippen LogP contribution in [0.3, 0.4) is 0 Å². The molecule has 0 saturated carbocycles. The summed E-state index contributed by atoms with van der Waals surface area (Å²) >= 11 is 0. The second-order valence-corrected chi connectivity index (χ2v) is 5.87. The summed E-state index contributed by atoms with van der Waals surface area (Å²) in [6.07, 6.45) is 0.579. The lowest BCUT2D eigenvalue weighted by atomic mass is 10.5. The fourth-order valence-corrected chi connectivity index (χ4v) is 1.72. The van der Waals surface area contributed by atoms with E-state index < -0.39 is 31.8 Å². The van der Waals surface area contributed by atoms with Gasteiger partial charge in [0.25, 0.3) is 0 Å². The van der Waals surface area contributed by atoms with Gasteiger partial charge in [-0.25, -0.2) is 4.79 Å². The summed E-state index contributed by atoms with van der Waals surface area (Å²) in [5.41, 5.74) is 0. The van der Waals surface area contributed by atoms with Crippen LogP contribution in [-0.4, -0.2) is 47.9 Å². The van der Waals surface area contributed by atoms with Gasteiger partial charge >= 0.3 is 11.9 Å². The van der Waals surface area contributed by atoms with Crippen molar-refractivity contribution in [3.05, 3.63) is 12.7 Å². The Labute approximate surface area is 98.5 Å². The third kappa shape index (κ3) is 6.88. The van der Waals surface area contributed by atoms with Crippen molar-refractivity contribution in [2.75, 3.05) is 19.9 Å². The number of rotatable bonds is 8. The minimum absolute atomic E-state index is 0.282. The molecule has 0 aromatic carbocycles. The van der Waals surface area contributed by atoms with Crippen molar-refractivity contribution < 1.29 is 33.6 Å². The standard InChI is InChI=1S/C9H15O7P/c1-3-8(12)15-6-9(13)17(2,14)16-5-4-7(10)11/h3,9,13H,1,4-6H2,2H3,(H,10,11). The molecule has 0 heterocycles. The molecule has 98 valence electrons. The van der Waals surface area contributed by atoms with Crippen LogP contribution in [0, 0.1) is 0 Å². The molecule has 0 aliphatic heterocycles. The first-order valence-electron chi connectivity index (χ1n) is 4.70. The first-order valence-corrected chi connectivity index (χ1v) is 6.84. The number of carboxylic acids is 1. The minimum atomic E-state index is -3.43. The normalized spacial score (nSPS) is 15.6. The van der Waals surface area contributed by atoms with E-state index >= 15 is 0 Å². The highest BCUT2D eigenvalue weighted by atomic mass is 31.2. The summed E-state index contributed by atoms with van der Waals surface area (Å²) in [4.78, 5) is 20.9. The van der Waals surface area contributed by atoms with Crippen LogP contribution in [0.1, 0.15) is 6.42 Å². The number of aliphatic carboxylic acids is 1. The van der Waals surface area contributed by atoms with Crippen LogP contribution in [0.5, 0.6) is 0 Å². The third-order valence-corrected chi connectivity index (χ3v) is 3.67. The summed E-state index contributed by atoms with van der Waals surface area (Å²) in [6, 6.07) is 0. The van der Waals surface area contributed by atoms with Crippen molar-refractivity contribution in [1.82, 2.24) is 0 Å². The van der Waals surface area contributed by atoms with E-state index in [-0.39, 0.29) is 13.0 Å². The van der Waals surface area contributed by atoms with Gasteiger partial charge in [0.05, 0.1) is 13.0 Å². The van der Waals surface area contributed by atoms with Gasteiger partial charge in [0.2, 0.25) is 7.37 Å². The van der Waals surface area contributed by atoms with E-state index in [1.165, 1.54) is 0 Å². The summed E-state index contributed by atoms with van der Waals surface area (Å²) in [5.74, 6) is -3.34. The molecule has 8 heteroatoms. The number of carbonyl (C=O) groups excluding carboxylic acids is 1.